The Balaban J connectivity index is 1.57. The van der Waals surface area contributed by atoms with Crippen molar-refractivity contribution < 1.29 is 9.63 Å². The van der Waals surface area contributed by atoms with Crippen molar-refractivity contribution in [3.05, 3.63) is 30.3 Å². The highest BCUT2D eigenvalue weighted by Crippen LogP contribution is 2.20. The lowest BCUT2D eigenvalue weighted by molar-refractivity contribution is -0.141. The van der Waals surface area contributed by atoms with Gasteiger partial charge in [-0.15, -0.1) is 0 Å². The second-order valence-corrected chi connectivity index (χ2v) is 6.54. The zero-order valence-corrected chi connectivity index (χ0v) is 13.9. The Morgan fingerprint density at radius 2 is 1.96 bits per heavy atom. The van der Waals surface area contributed by atoms with Crippen molar-refractivity contribution in [3.63, 3.8) is 0 Å². The molecule has 23 heavy (non-hydrogen) atoms. The number of nitrogens with zero attached hydrogens (tertiary/aromatic N) is 3. The molecule has 0 aliphatic carbocycles. The molecule has 124 valence electrons. The van der Waals surface area contributed by atoms with E-state index in [-0.39, 0.29) is 5.91 Å². The largest absolute Gasteiger partial charge is 0.382 e. The van der Waals surface area contributed by atoms with Crippen LogP contribution >= 0.6 is 0 Å². The van der Waals surface area contributed by atoms with Gasteiger partial charge in [0.15, 0.2) is 0 Å². The molecular weight excluding hydrogens is 290 g/mol. The Labute approximate surface area is 137 Å². The van der Waals surface area contributed by atoms with Gasteiger partial charge in [0.1, 0.15) is 0 Å². The Morgan fingerprint density at radius 1 is 1.17 bits per heavy atom. The molecule has 1 amide bonds. The van der Waals surface area contributed by atoms with Crippen molar-refractivity contribution in [2.75, 3.05) is 31.1 Å². The number of hydrogen-bond donors (Lipinski definition) is 0. The van der Waals surface area contributed by atoms with Gasteiger partial charge in [0.2, 0.25) is 6.10 Å². The summed E-state index contributed by atoms with van der Waals surface area (Å²) in [5.41, 5.74) is 2.22. The van der Waals surface area contributed by atoms with Crippen molar-refractivity contribution in [1.82, 2.24) is 4.90 Å². The van der Waals surface area contributed by atoms with Gasteiger partial charge in [0.05, 0.1) is 5.71 Å². The van der Waals surface area contributed by atoms with Crippen molar-refractivity contribution in [3.8, 4) is 0 Å². The van der Waals surface area contributed by atoms with Crippen molar-refractivity contribution >= 4 is 17.3 Å². The highest BCUT2D eigenvalue weighted by Gasteiger charge is 2.33. The van der Waals surface area contributed by atoms with Crippen molar-refractivity contribution in [2.24, 2.45) is 11.1 Å². The summed E-state index contributed by atoms with van der Waals surface area (Å²) in [7, 11) is 0. The molecular formula is C18H25N3O2. The van der Waals surface area contributed by atoms with E-state index in [1.165, 1.54) is 5.69 Å². The first-order valence-corrected chi connectivity index (χ1v) is 8.46. The number of carbonyl (C=O) groups excluding carboxylic acids is 1. The van der Waals surface area contributed by atoms with Crippen LogP contribution < -0.4 is 4.90 Å². The van der Waals surface area contributed by atoms with Crippen LogP contribution in [-0.4, -0.2) is 48.8 Å². The normalized spacial score (nSPS) is 21.9. The topological polar surface area (TPSA) is 45.1 Å². The average molecular weight is 315 g/mol. The first-order chi connectivity index (χ1) is 11.1. The van der Waals surface area contributed by atoms with E-state index in [0.717, 1.165) is 38.3 Å². The molecule has 2 aliphatic heterocycles. The number of para-hydroxylation sites is 1. The maximum Gasteiger partial charge on any atom is 0.266 e. The fraction of sp³-hybridized carbons (Fsp3) is 0.556. The third-order valence-electron chi connectivity index (χ3n) is 4.56. The fourth-order valence-electron chi connectivity index (χ4n) is 3.11. The molecule has 1 aromatic rings. The second kappa shape index (κ2) is 7.02. The van der Waals surface area contributed by atoms with Gasteiger partial charge in [-0.25, -0.2) is 0 Å². The number of oxime groups is 1. The predicted molar refractivity (Wildman–Crippen MR) is 91.6 cm³/mol. The number of benzene rings is 1. The van der Waals surface area contributed by atoms with E-state index < -0.39 is 6.10 Å². The molecule has 0 saturated carbocycles. The summed E-state index contributed by atoms with van der Waals surface area (Å²) in [5, 5.41) is 4.08. The molecule has 0 radical (unpaired) electrons. The summed E-state index contributed by atoms with van der Waals surface area (Å²) in [6.07, 6.45) is 1.19. The zero-order valence-electron chi connectivity index (χ0n) is 13.9. The molecule has 0 aromatic heterocycles. The minimum Gasteiger partial charge on any atom is -0.382 e. The van der Waals surface area contributed by atoms with Gasteiger partial charge in [0, 0.05) is 38.3 Å². The standard InChI is InChI=1S/C18H25N3O2/c1-14(2)16-13-17(23-19-16)18(22)21-10-6-9-20(11-12-21)15-7-4-3-5-8-15/h3-5,7-8,14,17H,6,9-13H2,1-2H3/t17-/m1/s1. The van der Waals surface area contributed by atoms with E-state index in [9.17, 15) is 4.79 Å². The van der Waals surface area contributed by atoms with E-state index in [2.05, 4.69) is 48.2 Å². The van der Waals surface area contributed by atoms with Gasteiger partial charge in [-0.2, -0.15) is 0 Å². The number of anilines is 1. The molecule has 0 unspecified atom stereocenters. The maximum absolute atomic E-state index is 12.7. The second-order valence-electron chi connectivity index (χ2n) is 6.54. The summed E-state index contributed by atoms with van der Waals surface area (Å²) in [4.78, 5) is 22.3. The molecule has 2 heterocycles. The highest BCUT2D eigenvalue weighted by molar-refractivity contribution is 5.93. The SMILES string of the molecule is CC(C)C1=NO[C@@H](C(=O)N2CCCN(c3ccccc3)CC2)C1. The van der Waals surface area contributed by atoms with Crippen LogP contribution in [-0.2, 0) is 9.63 Å². The lowest BCUT2D eigenvalue weighted by Gasteiger charge is -2.24. The molecule has 1 atom stereocenters. The van der Waals surface area contributed by atoms with Crippen molar-refractivity contribution in [1.29, 1.82) is 0 Å². The smallest absolute Gasteiger partial charge is 0.266 e. The van der Waals surface area contributed by atoms with Gasteiger partial charge < -0.3 is 14.6 Å². The highest BCUT2D eigenvalue weighted by atomic mass is 16.6. The van der Waals surface area contributed by atoms with Crippen LogP contribution in [0, 0.1) is 5.92 Å². The van der Waals surface area contributed by atoms with Crippen LogP contribution in [0.3, 0.4) is 0 Å². The lowest BCUT2D eigenvalue weighted by Crippen LogP contribution is -2.41. The zero-order chi connectivity index (χ0) is 16.2. The Morgan fingerprint density at radius 3 is 2.65 bits per heavy atom. The third-order valence-corrected chi connectivity index (χ3v) is 4.56. The summed E-state index contributed by atoms with van der Waals surface area (Å²) < 4.78 is 0. The lowest BCUT2D eigenvalue weighted by atomic mass is 10.0. The Bertz CT molecular complexity index is 571. The average Bonchev–Trinajstić information content (AvgIpc) is 2.94. The molecule has 2 aliphatic rings. The molecule has 5 heteroatoms. The van der Waals surface area contributed by atoms with Gasteiger partial charge >= 0.3 is 0 Å². The molecule has 1 aromatic carbocycles. The third kappa shape index (κ3) is 3.66. The number of amides is 1. The summed E-state index contributed by atoms with van der Waals surface area (Å²) in [5.74, 6) is 0.421. The summed E-state index contributed by atoms with van der Waals surface area (Å²) in [6, 6.07) is 10.4. The number of carbonyl (C=O) groups is 1. The maximum atomic E-state index is 12.7. The first-order valence-electron chi connectivity index (χ1n) is 8.46. The van der Waals surface area contributed by atoms with Gasteiger partial charge in [-0.3, -0.25) is 4.79 Å². The molecule has 0 spiro atoms. The number of rotatable bonds is 3. The Hall–Kier alpha value is -2.04. The van der Waals surface area contributed by atoms with Crippen LogP contribution in [0.4, 0.5) is 5.69 Å². The quantitative estimate of drug-likeness (QED) is 0.861. The molecule has 3 rings (SSSR count). The van der Waals surface area contributed by atoms with Crippen molar-refractivity contribution in [2.45, 2.75) is 32.8 Å². The molecule has 5 nitrogen and oxygen atoms in total. The van der Waals surface area contributed by atoms with Crippen LogP contribution in [0.5, 0.6) is 0 Å². The van der Waals surface area contributed by atoms with E-state index in [1.807, 2.05) is 11.0 Å². The molecule has 0 N–H and O–H groups in total. The van der Waals surface area contributed by atoms with Crippen LogP contribution in [0.2, 0.25) is 0 Å². The molecule has 1 saturated heterocycles. The minimum absolute atomic E-state index is 0.0827. The van der Waals surface area contributed by atoms with Gasteiger partial charge in [-0.05, 0) is 24.5 Å². The van der Waals surface area contributed by atoms with Crippen LogP contribution in [0.15, 0.2) is 35.5 Å². The van der Waals surface area contributed by atoms with E-state index in [4.69, 9.17) is 4.84 Å². The van der Waals surface area contributed by atoms with Crippen LogP contribution in [0.25, 0.3) is 0 Å². The van der Waals surface area contributed by atoms with E-state index in [0.29, 0.717) is 12.3 Å². The van der Waals surface area contributed by atoms with E-state index in [1.54, 1.807) is 0 Å². The number of hydrogen-bond acceptors (Lipinski definition) is 4. The monoisotopic (exact) mass is 315 g/mol. The summed E-state index contributed by atoms with van der Waals surface area (Å²) >= 11 is 0. The van der Waals surface area contributed by atoms with E-state index >= 15 is 0 Å². The Kier molecular flexibility index (Phi) is 4.84. The minimum atomic E-state index is -0.421. The first kappa shape index (κ1) is 15.8. The molecule has 1 fully saturated rings. The van der Waals surface area contributed by atoms with Gasteiger partial charge in [-0.1, -0.05) is 37.2 Å². The van der Waals surface area contributed by atoms with Crippen LogP contribution in [0.1, 0.15) is 26.7 Å². The molecule has 0 bridgehead atoms. The van der Waals surface area contributed by atoms with Gasteiger partial charge in [0.25, 0.3) is 5.91 Å². The predicted octanol–water partition coefficient (Wildman–Crippen LogP) is 2.53. The fourth-order valence-corrected chi connectivity index (χ4v) is 3.11. The summed E-state index contributed by atoms with van der Waals surface area (Å²) in [6.45, 7) is 7.54.